The first-order chi connectivity index (χ1) is 7.75. The van der Waals surface area contributed by atoms with E-state index in [0.717, 1.165) is 24.4 Å². The smallest absolute Gasteiger partial charge is 0.0578 e. The van der Waals surface area contributed by atoms with Gasteiger partial charge in [-0.1, -0.05) is 13.8 Å². The summed E-state index contributed by atoms with van der Waals surface area (Å²) in [6.07, 6.45) is 7.10. The van der Waals surface area contributed by atoms with Crippen molar-refractivity contribution in [1.82, 2.24) is 5.32 Å². The van der Waals surface area contributed by atoms with E-state index in [2.05, 4.69) is 19.2 Å². The van der Waals surface area contributed by atoms with Crippen molar-refractivity contribution in [2.75, 3.05) is 19.7 Å². The SMILES string of the molecule is CC1CCC(OCC2CCNCC2)CC1C. The second kappa shape index (κ2) is 6.02. The van der Waals surface area contributed by atoms with E-state index in [4.69, 9.17) is 4.74 Å². The molecule has 0 aromatic heterocycles. The second-order valence-corrected chi connectivity index (χ2v) is 5.92. The van der Waals surface area contributed by atoms with Gasteiger partial charge in [-0.25, -0.2) is 0 Å². The molecular weight excluding hydrogens is 198 g/mol. The average Bonchev–Trinajstić information content (AvgIpc) is 2.32. The lowest BCUT2D eigenvalue weighted by Gasteiger charge is -2.33. The summed E-state index contributed by atoms with van der Waals surface area (Å²) in [5.41, 5.74) is 0. The Bertz CT molecular complexity index is 201. The quantitative estimate of drug-likeness (QED) is 0.797. The number of piperidine rings is 1. The van der Waals surface area contributed by atoms with Crippen molar-refractivity contribution < 1.29 is 4.74 Å². The molecule has 0 bridgehead atoms. The van der Waals surface area contributed by atoms with Gasteiger partial charge >= 0.3 is 0 Å². The summed E-state index contributed by atoms with van der Waals surface area (Å²) in [6.45, 7) is 8.14. The van der Waals surface area contributed by atoms with Crippen molar-refractivity contribution in [2.24, 2.45) is 17.8 Å². The highest BCUT2D eigenvalue weighted by Gasteiger charge is 2.25. The van der Waals surface area contributed by atoms with Crippen LogP contribution in [0.1, 0.15) is 46.0 Å². The second-order valence-electron chi connectivity index (χ2n) is 5.92. The van der Waals surface area contributed by atoms with E-state index >= 15 is 0 Å². The minimum Gasteiger partial charge on any atom is -0.378 e. The molecule has 3 unspecified atom stereocenters. The monoisotopic (exact) mass is 225 g/mol. The summed E-state index contributed by atoms with van der Waals surface area (Å²) in [5, 5.41) is 3.41. The molecule has 1 saturated carbocycles. The van der Waals surface area contributed by atoms with E-state index < -0.39 is 0 Å². The Morgan fingerprint density at radius 3 is 2.44 bits per heavy atom. The van der Waals surface area contributed by atoms with Gasteiger partial charge in [0.05, 0.1) is 6.10 Å². The molecule has 0 aromatic rings. The van der Waals surface area contributed by atoms with Gasteiger partial charge in [0.25, 0.3) is 0 Å². The molecule has 0 amide bonds. The topological polar surface area (TPSA) is 21.3 Å². The van der Waals surface area contributed by atoms with E-state index in [1.807, 2.05) is 0 Å². The van der Waals surface area contributed by atoms with Crippen molar-refractivity contribution in [3.63, 3.8) is 0 Å². The van der Waals surface area contributed by atoms with Crippen molar-refractivity contribution in [3.8, 4) is 0 Å². The molecule has 1 aliphatic carbocycles. The molecule has 3 atom stereocenters. The molecule has 2 nitrogen and oxygen atoms in total. The molecule has 2 aliphatic rings. The Hall–Kier alpha value is -0.0800. The summed E-state index contributed by atoms with van der Waals surface area (Å²) in [6, 6.07) is 0. The fraction of sp³-hybridized carbons (Fsp3) is 1.00. The number of hydrogen-bond acceptors (Lipinski definition) is 2. The summed E-state index contributed by atoms with van der Waals surface area (Å²) in [4.78, 5) is 0. The van der Waals surface area contributed by atoms with Crippen LogP contribution < -0.4 is 5.32 Å². The first kappa shape index (κ1) is 12.4. The van der Waals surface area contributed by atoms with Crippen LogP contribution in [0, 0.1) is 17.8 Å². The standard InChI is InChI=1S/C14H27NO/c1-11-3-4-14(9-12(11)2)16-10-13-5-7-15-8-6-13/h11-15H,3-10H2,1-2H3. The predicted octanol–water partition coefficient (Wildman–Crippen LogP) is 2.83. The molecule has 0 spiro atoms. The number of hydrogen-bond donors (Lipinski definition) is 1. The Morgan fingerprint density at radius 1 is 1.00 bits per heavy atom. The molecule has 16 heavy (non-hydrogen) atoms. The van der Waals surface area contributed by atoms with Gasteiger partial charge in [-0.2, -0.15) is 0 Å². The molecule has 1 N–H and O–H groups in total. The fourth-order valence-corrected chi connectivity index (χ4v) is 2.97. The third kappa shape index (κ3) is 3.46. The summed E-state index contributed by atoms with van der Waals surface area (Å²) in [5.74, 6) is 2.57. The van der Waals surface area contributed by atoms with Gasteiger partial charge in [0.15, 0.2) is 0 Å². The van der Waals surface area contributed by atoms with E-state index in [1.54, 1.807) is 0 Å². The van der Waals surface area contributed by atoms with Gasteiger partial charge in [-0.3, -0.25) is 0 Å². The first-order valence-corrected chi connectivity index (χ1v) is 7.08. The van der Waals surface area contributed by atoms with Crippen LogP contribution in [0.15, 0.2) is 0 Å². The zero-order chi connectivity index (χ0) is 11.4. The van der Waals surface area contributed by atoms with E-state index in [0.29, 0.717) is 6.10 Å². The van der Waals surface area contributed by atoms with Crippen LogP contribution in [-0.4, -0.2) is 25.8 Å². The zero-order valence-corrected chi connectivity index (χ0v) is 10.9. The maximum absolute atomic E-state index is 6.11. The van der Waals surface area contributed by atoms with Gasteiger partial charge in [-0.15, -0.1) is 0 Å². The predicted molar refractivity (Wildman–Crippen MR) is 67.5 cm³/mol. The molecule has 0 aromatic carbocycles. The van der Waals surface area contributed by atoms with Crippen molar-refractivity contribution in [3.05, 3.63) is 0 Å². The van der Waals surface area contributed by atoms with Crippen molar-refractivity contribution >= 4 is 0 Å². The highest BCUT2D eigenvalue weighted by molar-refractivity contribution is 4.76. The van der Waals surface area contributed by atoms with Gasteiger partial charge in [0, 0.05) is 6.61 Å². The zero-order valence-electron chi connectivity index (χ0n) is 10.9. The van der Waals surface area contributed by atoms with Gasteiger partial charge in [0.1, 0.15) is 0 Å². The molecule has 1 heterocycles. The van der Waals surface area contributed by atoms with Crippen LogP contribution in [0.5, 0.6) is 0 Å². The first-order valence-electron chi connectivity index (χ1n) is 7.08. The third-order valence-electron chi connectivity index (χ3n) is 4.58. The molecular formula is C14H27NO. The fourth-order valence-electron chi connectivity index (χ4n) is 2.97. The van der Waals surface area contributed by atoms with Gasteiger partial charge in [0.2, 0.25) is 0 Å². The normalized spacial score (nSPS) is 37.5. The number of rotatable bonds is 3. The maximum atomic E-state index is 6.11. The van der Waals surface area contributed by atoms with Crippen LogP contribution in [0.2, 0.25) is 0 Å². The number of nitrogens with one attached hydrogen (secondary N) is 1. The highest BCUT2D eigenvalue weighted by Crippen LogP contribution is 2.31. The van der Waals surface area contributed by atoms with Crippen molar-refractivity contribution in [1.29, 1.82) is 0 Å². The van der Waals surface area contributed by atoms with Gasteiger partial charge in [-0.05, 0) is 62.9 Å². The summed E-state index contributed by atoms with van der Waals surface area (Å²) >= 11 is 0. The average molecular weight is 225 g/mol. The van der Waals surface area contributed by atoms with Crippen LogP contribution in [0.3, 0.4) is 0 Å². The van der Waals surface area contributed by atoms with Crippen LogP contribution in [0.4, 0.5) is 0 Å². The van der Waals surface area contributed by atoms with Crippen LogP contribution in [0.25, 0.3) is 0 Å². The molecule has 2 rings (SSSR count). The minimum absolute atomic E-state index is 0.557. The molecule has 2 fully saturated rings. The lowest BCUT2D eigenvalue weighted by atomic mass is 9.80. The summed E-state index contributed by atoms with van der Waals surface area (Å²) < 4.78 is 6.11. The molecule has 94 valence electrons. The Labute approximate surface area is 100 Å². The van der Waals surface area contributed by atoms with E-state index in [-0.39, 0.29) is 0 Å². The van der Waals surface area contributed by atoms with E-state index in [1.165, 1.54) is 45.2 Å². The van der Waals surface area contributed by atoms with E-state index in [9.17, 15) is 0 Å². The Kier molecular flexibility index (Phi) is 4.66. The minimum atomic E-state index is 0.557. The lowest BCUT2D eigenvalue weighted by molar-refractivity contribution is -0.0181. The molecule has 1 aliphatic heterocycles. The Morgan fingerprint density at radius 2 is 1.75 bits per heavy atom. The third-order valence-corrected chi connectivity index (χ3v) is 4.58. The Balaban J connectivity index is 1.65. The van der Waals surface area contributed by atoms with Crippen LogP contribution >= 0.6 is 0 Å². The van der Waals surface area contributed by atoms with Gasteiger partial charge < -0.3 is 10.1 Å². The number of ether oxygens (including phenoxy) is 1. The van der Waals surface area contributed by atoms with Crippen LogP contribution in [-0.2, 0) is 4.74 Å². The molecule has 0 radical (unpaired) electrons. The largest absolute Gasteiger partial charge is 0.378 e. The highest BCUT2D eigenvalue weighted by atomic mass is 16.5. The lowest BCUT2D eigenvalue weighted by Crippen LogP contribution is -2.33. The van der Waals surface area contributed by atoms with Crippen molar-refractivity contribution in [2.45, 2.75) is 52.1 Å². The molecule has 1 saturated heterocycles. The summed E-state index contributed by atoms with van der Waals surface area (Å²) in [7, 11) is 0. The maximum Gasteiger partial charge on any atom is 0.0578 e. The molecule has 2 heteroatoms.